The van der Waals surface area contributed by atoms with Gasteiger partial charge in [0, 0.05) is 6.54 Å². The molecule has 2 N–H and O–H groups in total. The van der Waals surface area contributed by atoms with Crippen LogP contribution in [0.2, 0.25) is 5.02 Å². The lowest BCUT2D eigenvalue weighted by atomic mass is 10.1. The predicted octanol–water partition coefficient (Wildman–Crippen LogP) is 4.08. The van der Waals surface area contributed by atoms with Gasteiger partial charge in [-0.3, -0.25) is 0 Å². The van der Waals surface area contributed by atoms with Crippen molar-refractivity contribution >= 4 is 23.3 Å². The summed E-state index contributed by atoms with van der Waals surface area (Å²) in [6, 6.07) is 13.1. The second-order valence-corrected chi connectivity index (χ2v) is 6.48. The molecule has 0 spiro atoms. The molecule has 0 bridgehead atoms. The number of aryl methyl sites for hydroxylation is 1. The normalized spacial score (nSPS) is 11.9. The minimum Gasteiger partial charge on any atom is -0.497 e. The number of nitrogens with zero attached hydrogens (tertiary/aromatic N) is 1. The number of halogens is 1. The maximum absolute atomic E-state index is 12.2. The third-order valence-corrected chi connectivity index (χ3v) is 4.24. The van der Waals surface area contributed by atoms with Crippen LogP contribution in [0, 0.1) is 6.92 Å². The number of ether oxygens (including phenoxy) is 1. The third-order valence-electron chi connectivity index (χ3n) is 3.93. The quantitative estimate of drug-likeness (QED) is 0.815. The zero-order valence-electron chi connectivity index (χ0n) is 15.0. The van der Waals surface area contributed by atoms with Gasteiger partial charge in [-0.2, -0.15) is 0 Å². The zero-order chi connectivity index (χ0) is 18.4. The lowest BCUT2D eigenvalue weighted by Gasteiger charge is -2.25. The summed E-state index contributed by atoms with van der Waals surface area (Å²) in [5.41, 5.74) is 2.70. The van der Waals surface area contributed by atoms with Gasteiger partial charge in [-0.05, 0) is 56.4 Å². The summed E-state index contributed by atoms with van der Waals surface area (Å²) in [4.78, 5) is 14.3. The Balaban J connectivity index is 2.01. The van der Waals surface area contributed by atoms with E-state index < -0.39 is 0 Å². The van der Waals surface area contributed by atoms with Gasteiger partial charge in [0.1, 0.15) is 5.75 Å². The number of amides is 2. The number of urea groups is 1. The second kappa shape index (κ2) is 8.74. The van der Waals surface area contributed by atoms with Gasteiger partial charge in [0.2, 0.25) is 0 Å². The highest BCUT2D eigenvalue weighted by Gasteiger charge is 2.16. The molecule has 0 saturated heterocycles. The van der Waals surface area contributed by atoms with Crippen LogP contribution in [-0.4, -0.2) is 38.7 Å². The Morgan fingerprint density at radius 3 is 2.64 bits per heavy atom. The van der Waals surface area contributed by atoms with E-state index in [2.05, 4.69) is 10.6 Å². The Hall–Kier alpha value is -2.24. The van der Waals surface area contributed by atoms with Crippen molar-refractivity contribution in [3.63, 3.8) is 0 Å². The van der Waals surface area contributed by atoms with E-state index in [4.69, 9.17) is 16.3 Å². The molecular weight excluding hydrogens is 338 g/mol. The van der Waals surface area contributed by atoms with Crippen LogP contribution in [0.25, 0.3) is 0 Å². The lowest BCUT2D eigenvalue weighted by molar-refractivity contribution is 0.243. The first-order chi connectivity index (χ1) is 11.9. The molecule has 25 heavy (non-hydrogen) atoms. The zero-order valence-corrected chi connectivity index (χ0v) is 15.7. The predicted molar refractivity (Wildman–Crippen MR) is 103 cm³/mol. The fraction of sp³-hybridized carbons (Fsp3) is 0.316. The van der Waals surface area contributed by atoms with Gasteiger partial charge >= 0.3 is 6.03 Å². The summed E-state index contributed by atoms with van der Waals surface area (Å²) in [6.07, 6.45) is 0. The van der Waals surface area contributed by atoms with Crippen LogP contribution in [-0.2, 0) is 0 Å². The van der Waals surface area contributed by atoms with Crippen molar-refractivity contribution in [3.05, 3.63) is 58.6 Å². The van der Waals surface area contributed by atoms with E-state index in [9.17, 15) is 4.79 Å². The highest BCUT2D eigenvalue weighted by molar-refractivity contribution is 6.33. The Morgan fingerprint density at radius 1 is 1.24 bits per heavy atom. The summed E-state index contributed by atoms with van der Waals surface area (Å²) >= 11 is 6.15. The van der Waals surface area contributed by atoms with Gasteiger partial charge in [0.25, 0.3) is 0 Å². The monoisotopic (exact) mass is 361 g/mol. The molecule has 0 aliphatic carbocycles. The summed E-state index contributed by atoms with van der Waals surface area (Å²) in [5, 5.41) is 6.20. The molecule has 2 rings (SSSR count). The lowest BCUT2D eigenvalue weighted by Crippen LogP contribution is -2.36. The summed E-state index contributed by atoms with van der Waals surface area (Å²) < 4.78 is 5.28. The Morgan fingerprint density at radius 2 is 2.00 bits per heavy atom. The number of methoxy groups -OCH3 is 1. The van der Waals surface area contributed by atoms with Gasteiger partial charge in [0.05, 0.1) is 23.9 Å². The molecule has 2 aromatic carbocycles. The maximum atomic E-state index is 12.2. The molecule has 0 aliphatic rings. The van der Waals surface area contributed by atoms with Crippen molar-refractivity contribution in [1.29, 1.82) is 0 Å². The summed E-state index contributed by atoms with van der Waals surface area (Å²) in [5.74, 6) is 0.792. The molecule has 1 unspecified atom stereocenters. The van der Waals surface area contributed by atoms with Gasteiger partial charge in [-0.25, -0.2) is 4.79 Å². The molecular formula is C19H24ClN3O2. The van der Waals surface area contributed by atoms with Crippen LogP contribution in [0.3, 0.4) is 0 Å². The van der Waals surface area contributed by atoms with E-state index in [1.165, 1.54) is 0 Å². The first-order valence-corrected chi connectivity index (χ1v) is 8.40. The summed E-state index contributed by atoms with van der Waals surface area (Å²) in [6.45, 7) is 2.40. The largest absolute Gasteiger partial charge is 0.497 e. The number of carbonyl (C=O) groups is 1. The average Bonchev–Trinajstić information content (AvgIpc) is 2.57. The SMILES string of the molecule is COc1cccc(C(CNC(=O)Nc2ccc(C)cc2Cl)N(C)C)c1. The first kappa shape index (κ1) is 19.1. The average molecular weight is 362 g/mol. The number of likely N-dealkylation sites (N-methyl/N-ethyl adjacent to an activating group) is 1. The van der Waals surface area contributed by atoms with E-state index >= 15 is 0 Å². The van der Waals surface area contributed by atoms with E-state index in [1.54, 1.807) is 13.2 Å². The van der Waals surface area contributed by atoms with Gasteiger partial charge < -0.3 is 20.3 Å². The molecule has 134 valence electrons. The van der Waals surface area contributed by atoms with Crippen molar-refractivity contribution in [2.75, 3.05) is 33.1 Å². The smallest absolute Gasteiger partial charge is 0.319 e. The number of rotatable bonds is 6. The molecule has 0 heterocycles. The minimum atomic E-state index is -0.291. The molecule has 6 heteroatoms. The molecule has 2 amide bonds. The van der Waals surface area contributed by atoms with Crippen LogP contribution in [0.5, 0.6) is 5.75 Å². The van der Waals surface area contributed by atoms with Crippen molar-refractivity contribution in [2.45, 2.75) is 13.0 Å². The van der Waals surface area contributed by atoms with E-state index in [-0.39, 0.29) is 12.1 Å². The van der Waals surface area contributed by atoms with Crippen molar-refractivity contribution in [1.82, 2.24) is 10.2 Å². The molecule has 5 nitrogen and oxygen atoms in total. The Bertz CT molecular complexity index is 734. The Labute approximate surface area is 153 Å². The second-order valence-electron chi connectivity index (χ2n) is 6.07. The van der Waals surface area contributed by atoms with E-state index in [1.807, 2.05) is 62.3 Å². The molecule has 1 atom stereocenters. The first-order valence-electron chi connectivity index (χ1n) is 8.02. The number of benzene rings is 2. The molecule has 0 fully saturated rings. The number of hydrogen-bond acceptors (Lipinski definition) is 3. The van der Waals surface area contributed by atoms with Crippen molar-refractivity contribution < 1.29 is 9.53 Å². The van der Waals surface area contributed by atoms with Crippen LogP contribution < -0.4 is 15.4 Å². The molecule has 0 aliphatic heterocycles. The number of nitrogens with one attached hydrogen (secondary N) is 2. The number of hydrogen-bond donors (Lipinski definition) is 2. The van der Waals surface area contributed by atoms with Gasteiger partial charge in [-0.1, -0.05) is 29.8 Å². The molecule has 0 radical (unpaired) electrons. The van der Waals surface area contributed by atoms with Crippen LogP contribution in [0.15, 0.2) is 42.5 Å². The van der Waals surface area contributed by atoms with E-state index in [0.717, 1.165) is 16.9 Å². The van der Waals surface area contributed by atoms with Gasteiger partial charge in [-0.15, -0.1) is 0 Å². The minimum absolute atomic E-state index is 0.0225. The summed E-state index contributed by atoms with van der Waals surface area (Å²) in [7, 11) is 5.59. The fourth-order valence-corrected chi connectivity index (χ4v) is 2.81. The number of anilines is 1. The fourth-order valence-electron chi connectivity index (χ4n) is 2.52. The van der Waals surface area contributed by atoms with E-state index in [0.29, 0.717) is 17.3 Å². The standard InChI is InChI=1S/C19H24ClN3O2/c1-13-8-9-17(16(20)10-13)22-19(24)21-12-18(23(2)3)14-6-5-7-15(11-14)25-4/h5-11,18H,12H2,1-4H3,(H2,21,22,24). The van der Waals surface area contributed by atoms with Crippen molar-refractivity contribution in [3.8, 4) is 5.75 Å². The van der Waals surface area contributed by atoms with Gasteiger partial charge in [0.15, 0.2) is 0 Å². The number of carbonyl (C=O) groups excluding carboxylic acids is 1. The Kier molecular flexibility index (Phi) is 6.67. The molecule has 0 aromatic heterocycles. The molecule has 0 saturated carbocycles. The maximum Gasteiger partial charge on any atom is 0.319 e. The topological polar surface area (TPSA) is 53.6 Å². The molecule has 2 aromatic rings. The van der Waals surface area contributed by atoms with Crippen molar-refractivity contribution in [2.24, 2.45) is 0 Å². The highest BCUT2D eigenvalue weighted by Crippen LogP contribution is 2.24. The van der Waals surface area contributed by atoms with Crippen LogP contribution in [0.4, 0.5) is 10.5 Å². The highest BCUT2D eigenvalue weighted by atomic mass is 35.5. The van der Waals surface area contributed by atoms with Crippen LogP contribution >= 0.6 is 11.6 Å². The third kappa shape index (κ3) is 5.37. The van der Waals surface area contributed by atoms with Crippen LogP contribution in [0.1, 0.15) is 17.2 Å².